The maximum absolute atomic E-state index is 13.0. The summed E-state index contributed by atoms with van der Waals surface area (Å²) in [5.41, 5.74) is 4.60. The first-order chi connectivity index (χ1) is 15.1. The lowest BCUT2D eigenvalue weighted by Gasteiger charge is -2.24. The molecule has 0 amide bonds. The molecule has 3 aromatic heterocycles. The smallest absolute Gasteiger partial charge is 0.277 e. The number of hydrogen-bond acceptors (Lipinski definition) is 6. The van der Waals surface area contributed by atoms with Gasteiger partial charge in [0.1, 0.15) is 5.52 Å². The van der Waals surface area contributed by atoms with E-state index in [9.17, 15) is 4.79 Å². The second kappa shape index (κ2) is 8.11. The molecule has 4 heterocycles. The fourth-order valence-corrected chi connectivity index (χ4v) is 4.07. The van der Waals surface area contributed by atoms with Gasteiger partial charge in [0.15, 0.2) is 5.82 Å². The highest BCUT2D eigenvalue weighted by Crippen LogP contribution is 2.21. The molecular formula is C23H26N6O2. The number of likely N-dealkylation sites (tertiary alicyclic amines) is 1. The predicted octanol–water partition coefficient (Wildman–Crippen LogP) is 3.20. The van der Waals surface area contributed by atoms with E-state index < -0.39 is 0 Å². The Morgan fingerprint density at radius 1 is 1.00 bits per heavy atom. The third-order valence-corrected chi connectivity index (χ3v) is 6.04. The molecule has 1 fully saturated rings. The minimum Gasteiger partial charge on any atom is -0.338 e. The van der Waals surface area contributed by atoms with Crippen molar-refractivity contribution >= 4 is 5.52 Å². The van der Waals surface area contributed by atoms with Crippen LogP contribution >= 0.6 is 0 Å². The van der Waals surface area contributed by atoms with E-state index in [-0.39, 0.29) is 12.1 Å². The van der Waals surface area contributed by atoms with Crippen molar-refractivity contribution in [3.8, 4) is 11.3 Å². The summed E-state index contributed by atoms with van der Waals surface area (Å²) in [5.74, 6) is 1.11. The Labute approximate surface area is 180 Å². The highest BCUT2D eigenvalue weighted by molar-refractivity contribution is 5.66. The van der Waals surface area contributed by atoms with Crippen LogP contribution < -0.4 is 5.56 Å². The van der Waals surface area contributed by atoms with Crippen LogP contribution in [0.25, 0.3) is 16.8 Å². The van der Waals surface area contributed by atoms with Gasteiger partial charge in [0.25, 0.3) is 5.56 Å². The summed E-state index contributed by atoms with van der Waals surface area (Å²) >= 11 is 0. The van der Waals surface area contributed by atoms with E-state index in [1.165, 1.54) is 30.4 Å². The maximum Gasteiger partial charge on any atom is 0.277 e. The van der Waals surface area contributed by atoms with E-state index in [2.05, 4.69) is 46.1 Å². The largest absolute Gasteiger partial charge is 0.338 e. The quantitative estimate of drug-likeness (QED) is 0.495. The van der Waals surface area contributed by atoms with Gasteiger partial charge >= 0.3 is 0 Å². The van der Waals surface area contributed by atoms with Crippen LogP contribution in [0.3, 0.4) is 0 Å². The predicted molar refractivity (Wildman–Crippen MR) is 117 cm³/mol. The van der Waals surface area contributed by atoms with Gasteiger partial charge in [-0.3, -0.25) is 9.69 Å². The van der Waals surface area contributed by atoms with Crippen LogP contribution in [-0.4, -0.2) is 42.3 Å². The number of aryl methyl sites for hydroxylation is 2. The van der Waals surface area contributed by atoms with E-state index in [1.807, 2.05) is 12.1 Å². The average Bonchev–Trinajstić information content (AvgIpc) is 3.40. The van der Waals surface area contributed by atoms with Crippen molar-refractivity contribution in [1.82, 2.24) is 29.2 Å². The molecule has 0 aliphatic carbocycles. The Balaban J connectivity index is 1.37. The highest BCUT2D eigenvalue weighted by Gasteiger charge is 2.16. The third-order valence-electron chi connectivity index (χ3n) is 6.04. The fourth-order valence-electron chi connectivity index (χ4n) is 4.07. The van der Waals surface area contributed by atoms with Gasteiger partial charge in [0.05, 0.1) is 18.8 Å². The zero-order valence-electron chi connectivity index (χ0n) is 17.9. The van der Waals surface area contributed by atoms with E-state index in [0.717, 1.165) is 24.3 Å². The Hall–Kier alpha value is -3.26. The molecule has 5 rings (SSSR count). The van der Waals surface area contributed by atoms with Gasteiger partial charge in [-0.05, 0) is 63.0 Å². The molecule has 0 radical (unpaired) electrons. The molecular weight excluding hydrogens is 392 g/mol. The first-order valence-corrected chi connectivity index (χ1v) is 10.8. The summed E-state index contributed by atoms with van der Waals surface area (Å²) in [6.45, 7) is 7.23. The van der Waals surface area contributed by atoms with Crippen molar-refractivity contribution in [2.75, 3.05) is 13.1 Å². The zero-order valence-corrected chi connectivity index (χ0v) is 17.9. The number of piperidine rings is 1. The molecule has 8 heteroatoms. The Kier molecular flexibility index (Phi) is 5.15. The molecule has 0 bridgehead atoms. The molecule has 4 aromatic rings. The van der Waals surface area contributed by atoms with Crippen molar-refractivity contribution < 1.29 is 4.52 Å². The van der Waals surface area contributed by atoms with E-state index >= 15 is 0 Å². The van der Waals surface area contributed by atoms with Crippen LogP contribution in [0.1, 0.15) is 42.1 Å². The van der Waals surface area contributed by atoms with E-state index in [1.54, 1.807) is 21.5 Å². The monoisotopic (exact) mass is 418 g/mol. The average molecular weight is 419 g/mol. The minimum atomic E-state index is -0.132. The molecule has 31 heavy (non-hydrogen) atoms. The number of benzene rings is 1. The SMILES string of the molecule is Cc1ccc(-c2cc3c(=O)n(Cc4noc(CN5CCCCC5)n4)ccn3n2)cc1C. The molecule has 0 unspecified atom stereocenters. The molecule has 1 aliphatic heterocycles. The van der Waals surface area contributed by atoms with Crippen LogP contribution in [0.4, 0.5) is 0 Å². The molecule has 0 spiro atoms. The third kappa shape index (κ3) is 4.03. The summed E-state index contributed by atoms with van der Waals surface area (Å²) in [4.78, 5) is 19.9. The number of aromatic nitrogens is 5. The molecule has 1 aliphatic rings. The zero-order chi connectivity index (χ0) is 21.4. The van der Waals surface area contributed by atoms with Crippen LogP contribution in [0.5, 0.6) is 0 Å². The summed E-state index contributed by atoms with van der Waals surface area (Å²) < 4.78 is 8.63. The van der Waals surface area contributed by atoms with E-state index in [4.69, 9.17) is 4.52 Å². The van der Waals surface area contributed by atoms with Gasteiger partial charge in [0, 0.05) is 18.0 Å². The van der Waals surface area contributed by atoms with Crippen LogP contribution in [0.2, 0.25) is 0 Å². The first kappa shape index (κ1) is 19.7. The van der Waals surface area contributed by atoms with Gasteiger partial charge in [-0.1, -0.05) is 23.7 Å². The number of hydrogen-bond donors (Lipinski definition) is 0. The van der Waals surface area contributed by atoms with Crippen molar-refractivity contribution in [2.24, 2.45) is 0 Å². The van der Waals surface area contributed by atoms with Crippen molar-refractivity contribution in [1.29, 1.82) is 0 Å². The fraction of sp³-hybridized carbons (Fsp3) is 0.391. The van der Waals surface area contributed by atoms with Crippen molar-refractivity contribution in [3.05, 3.63) is 69.9 Å². The maximum atomic E-state index is 13.0. The lowest BCUT2D eigenvalue weighted by molar-refractivity contribution is 0.193. The van der Waals surface area contributed by atoms with Crippen molar-refractivity contribution in [2.45, 2.75) is 46.2 Å². The molecule has 1 aromatic carbocycles. The molecule has 160 valence electrons. The van der Waals surface area contributed by atoms with Crippen LogP contribution in [-0.2, 0) is 13.1 Å². The molecule has 1 saturated heterocycles. The topological polar surface area (TPSA) is 81.5 Å². The number of rotatable bonds is 5. The summed E-state index contributed by atoms with van der Waals surface area (Å²) in [7, 11) is 0. The van der Waals surface area contributed by atoms with Gasteiger partial charge < -0.3 is 9.09 Å². The second-order valence-electron chi connectivity index (χ2n) is 8.33. The molecule has 8 nitrogen and oxygen atoms in total. The van der Waals surface area contributed by atoms with Gasteiger partial charge in [-0.15, -0.1) is 0 Å². The van der Waals surface area contributed by atoms with E-state index in [0.29, 0.717) is 23.8 Å². The summed E-state index contributed by atoms with van der Waals surface area (Å²) in [6, 6.07) is 8.04. The van der Waals surface area contributed by atoms with Crippen LogP contribution in [0.15, 0.2) is 46.0 Å². The van der Waals surface area contributed by atoms with Gasteiger partial charge in [-0.2, -0.15) is 10.1 Å². The number of fused-ring (bicyclic) bond motifs is 1. The summed E-state index contributed by atoms with van der Waals surface area (Å²) in [6.07, 6.45) is 7.22. The van der Waals surface area contributed by atoms with Crippen molar-refractivity contribution in [3.63, 3.8) is 0 Å². The second-order valence-corrected chi connectivity index (χ2v) is 8.33. The summed E-state index contributed by atoms with van der Waals surface area (Å²) in [5, 5.41) is 8.65. The Morgan fingerprint density at radius 3 is 2.65 bits per heavy atom. The first-order valence-electron chi connectivity index (χ1n) is 10.8. The number of nitrogens with zero attached hydrogens (tertiary/aromatic N) is 6. The van der Waals surface area contributed by atoms with Gasteiger partial charge in [-0.25, -0.2) is 4.52 Å². The normalized spacial score (nSPS) is 15.0. The highest BCUT2D eigenvalue weighted by atomic mass is 16.5. The molecule has 0 N–H and O–H groups in total. The Bertz CT molecular complexity index is 1280. The Morgan fingerprint density at radius 2 is 1.84 bits per heavy atom. The molecule has 0 atom stereocenters. The van der Waals surface area contributed by atoms with Gasteiger partial charge in [0.2, 0.25) is 5.89 Å². The standard InChI is InChI=1S/C23H26N6O2/c1-16-6-7-18(12-17(16)2)19-13-20-23(30)28(10-11-29(20)25-19)14-21-24-22(31-26-21)15-27-8-4-3-5-9-27/h6-7,10-13H,3-5,8-9,14-15H2,1-2H3. The lowest BCUT2D eigenvalue weighted by atomic mass is 10.0. The van der Waals surface area contributed by atoms with Crippen LogP contribution in [0, 0.1) is 13.8 Å². The molecule has 0 saturated carbocycles. The minimum absolute atomic E-state index is 0.132. The lowest BCUT2D eigenvalue weighted by Crippen LogP contribution is -2.29.